The molecule has 1 aromatic rings. The first kappa shape index (κ1) is 15.9. The molecule has 1 aliphatic rings. The molecule has 116 valence electrons. The van der Waals surface area contributed by atoms with Gasteiger partial charge in [0.2, 0.25) is 10.0 Å². The second kappa shape index (κ2) is 5.73. The number of hydrogen-bond donors (Lipinski definition) is 1. The average molecular weight is 314 g/mol. The maximum absolute atomic E-state index is 13.9. The van der Waals surface area contributed by atoms with Gasteiger partial charge in [-0.1, -0.05) is 6.92 Å². The normalized spacial score (nSPS) is 23.1. The van der Waals surface area contributed by atoms with Gasteiger partial charge in [-0.05, 0) is 43.9 Å². The molecule has 1 aliphatic heterocycles. The van der Waals surface area contributed by atoms with Crippen LogP contribution in [0.4, 0.5) is 4.39 Å². The van der Waals surface area contributed by atoms with Gasteiger partial charge in [0, 0.05) is 12.6 Å². The van der Waals surface area contributed by atoms with Gasteiger partial charge in [0.15, 0.2) is 0 Å². The second-order valence-corrected chi connectivity index (χ2v) is 7.23. The Balaban J connectivity index is 2.35. The fraction of sp³-hybridized carbons (Fsp3) is 0.500. The van der Waals surface area contributed by atoms with Crippen LogP contribution in [0, 0.1) is 11.7 Å². The van der Waals surface area contributed by atoms with Crippen molar-refractivity contribution in [2.75, 3.05) is 6.54 Å². The van der Waals surface area contributed by atoms with Gasteiger partial charge >= 0.3 is 0 Å². The van der Waals surface area contributed by atoms with Gasteiger partial charge in [0.05, 0.1) is 10.5 Å². The van der Waals surface area contributed by atoms with Gasteiger partial charge in [-0.3, -0.25) is 4.79 Å². The zero-order valence-electron chi connectivity index (χ0n) is 12.0. The van der Waals surface area contributed by atoms with E-state index < -0.39 is 21.7 Å². The Bertz CT molecular complexity index is 660. The van der Waals surface area contributed by atoms with Crippen molar-refractivity contribution in [3.63, 3.8) is 0 Å². The molecule has 1 fully saturated rings. The minimum absolute atomic E-state index is 0.00112. The fourth-order valence-corrected chi connectivity index (χ4v) is 3.25. The van der Waals surface area contributed by atoms with Crippen LogP contribution >= 0.6 is 0 Å². The average Bonchev–Trinajstić information content (AvgIpc) is 2.37. The molecular formula is C14H19FN2O3S. The summed E-state index contributed by atoms with van der Waals surface area (Å²) in [6.45, 7) is 4.57. The van der Waals surface area contributed by atoms with Crippen LogP contribution in [-0.4, -0.2) is 31.8 Å². The van der Waals surface area contributed by atoms with E-state index in [4.69, 9.17) is 5.14 Å². The number of hydrogen-bond acceptors (Lipinski definition) is 3. The van der Waals surface area contributed by atoms with Gasteiger partial charge in [0.1, 0.15) is 5.82 Å². The van der Waals surface area contributed by atoms with Crippen molar-refractivity contribution in [1.82, 2.24) is 4.90 Å². The number of amides is 1. The number of halogens is 1. The van der Waals surface area contributed by atoms with Crippen molar-refractivity contribution in [3.8, 4) is 0 Å². The van der Waals surface area contributed by atoms with Crippen LogP contribution in [0.1, 0.15) is 37.0 Å². The van der Waals surface area contributed by atoms with E-state index in [2.05, 4.69) is 6.92 Å². The third-order valence-electron chi connectivity index (χ3n) is 3.90. The van der Waals surface area contributed by atoms with E-state index in [-0.39, 0.29) is 16.5 Å². The zero-order chi connectivity index (χ0) is 15.8. The first-order valence-corrected chi connectivity index (χ1v) is 8.38. The summed E-state index contributed by atoms with van der Waals surface area (Å²) in [5.74, 6) is -0.708. The lowest BCUT2D eigenvalue weighted by Crippen LogP contribution is -2.44. The molecule has 0 bridgehead atoms. The van der Waals surface area contributed by atoms with E-state index in [0.717, 1.165) is 31.0 Å². The standard InChI is InChI=1S/C14H19FN2O3S/c1-9-5-6-17(10(2)7-9)14(18)12-8-11(21(16,19)20)3-4-13(12)15/h3-4,8-10H,5-7H2,1-2H3,(H2,16,19,20). The van der Waals surface area contributed by atoms with Gasteiger partial charge in [-0.15, -0.1) is 0 Å². The molecule has 0 saturated carbocycles. The van der Waals surface area contributed by atoms with E-state index >= 15 is 0 Å². The summed E-state index contributed by atoms with van der Waals surface area (Å²) in [4.78, 5) is 13.8. The SMILES string of the molecule is CC1CCN(C(=O)c2cc(S(N)(=O)=O)ccc2F)C(C)C1. The third-order valence-corrected chi connectivity index (χ3v) is 4.81. The molecule has 21 heavy (non-hydrogen) atoms. The van der Waals surface area contributed by atoms with Gasteiger partial charge in [-0.25, -0.2) is 17.9 Å². The van der Waals surface area contributed by atoms with Crippen molar-refractivity contribution in [2.45, 2.75) is 37.6 Å². The Morgan fingerprint density at radius 1 is 1.38 bits per heavy atom. The van der Waals surface area contributed by atoms with E-state index in [0.29, 0.717) is 12.5 Å². The molecule has 5 nitrogen and oxygen atoms in total. The summed E-state index contributed by atoms with van der Waals surface area (Å²) in [7, 11) is -3.97. The highest BCUT2D eigenvalue weighted by Gasteiger charge is 2.29. The number of carbonyl (C=O) groups is 1. The van der Waals surface area contributed by atoms with Crippen molar-refractivity contribution in [2.24, 2.45) is 11.1 Å². The minimum Gasteiger partial charge on any atom is -0.336 e. The predicted octanol–water partition coefficient (Wildman–Crippen LogP) is 1.73. The number of sulfonamides is 1. The first-order valence-electron chi connectivity index (χ1n) is 6.83. The number of primary sulfonamides is 1. The van der Waals surface area contributed by atoms with Crippen LogP contribution < -0.4 is 5.14 Å². The summed E-state index contributed by atoms with van der Waals surface area (Å²) >= 11 is 0. The molecule has 2 N–H and O–H groups in total. The Morgan fingerprint density at radius 2 is 2.05 bits per heavy atom. The number of nitrogens with two attached hydrogens (primary N) is 1. The molecule has 1 heterocycles. The second-order valence-electron chi connectivity index (χ2n) is 5.66. The Labute approximate surface area is 124 Å². The predicted molar refractivity (Wildman–Crippen MR) is 76.7 cm³/mol. The number of likely N-dealkylation sites (tertiary alicyclic amines) is 1. The molecule has 1 aromatic carbocycles. The minimum atomic E-state index is -3.97. The van der Waals surface area contributed by atoms with Gasteiger partial charge in [-0.2, -0.15) is 0 Å². The van der Waals surface area contributed by atoms with Crippen LogP contribution in [0.3, 0.4) is 0 Å². The summed E-state index contributed by atoms with van der Waals surface area (Å²) in [5.41, 5.74) is -0.247. The highest BCUT2D eigenvalue weighted by molar-refractivity contribution is 7.89. The Hall–Kier alpha value is -1.47. The molecule has 2 unspecified atom stereocenters. The summed E-state index contributed by atoms with van der Waals surface area (Å²) in [6.07, 6.45) is 1.70. The van der Waals surface area contributed by atoms with E-state index in [1.54, 1.807) is 4.90 Å². The van der Waals surface area contributed by atoms with Crippen molar-refractivity contribution < 1.29 is 17.6 Å². The lowest BCUT2D eigenvalue weighted by atomic mass is 9.93. The largest absolute Gasteiger partial charge is 0.336 e. The Morgan fingerprint density at radius 3 is 2.62 bits per heavy atom. The molecule has 0 radical (unpaired) electrons. The van der Waals surface area contributed by atoms with Crippen molar-refractivity contribution in [1.29, 1.82) is 0 Å². The van der Waals surface area contributed by atoms with Crippen LogP contribution in [0.2, 0.25) is 0 Å². The molecule has 0 aliphatic carbocycles. The van der Waals surface area contributed by atoms with Crippen LogP contribution in [0.5, 0.6) is 0 Å². The number of nitrogens with zero attached hydrogens (tertiary/aromatic N) is 1. The fourth-order valence-electron chi connectivity index (χ4n) is 2.71. The number of benzene rings is 1. The molecule has 1 saturated heterocycles. The van der Waals surface area contributed by atoms with E-state index in [1.807, 2.05) is 6.92 Å². The molecule has 2 atom stereocenters. The van der Waals surface area contributed by atoms with E-state index in [1.165, 1.54) is 0 Å². The maximum Gasteiger partial charge on any atom is 0.257 e. The molecular weight excluding hydrogens is 295 g/mol. The van der Waals surface area contributed by atoms with Crippen molar-refractivity contribution in [3.05, 3.63) is 29.6 Å². The zero-order valence-corrected chi connectivity index (χ0v) is 12.9. The van der Waals surface area contributed by atoms with Crippen LogP contribution in [0.15, 0.2) is 23.1 Å². The van der Waals surface area contributed by atoms with Gasteiger partial charge in [0.25, 0.3) is 5.91 Å². The molecule has 1 amide bonds. The number of rotatable bonds is 2. The summed E-state index contributed by atoms with van der Waals surface area (Å²) < 4.78 is 36.5. The Kier molecular flexibility index (Phi) is 4.34. The lowest BCUT2D eigenvalue weighted by Gasteiger charge is -2.36. The molecule has 0 aromatic heterocycles. The molecule has 7 heteroatoms. The van der Waals surface area contributed by atoms with Crippen molar-refractivity contribution >= 4 is 15.9 Å². The first-order chi connectivity index (χ1) is 9.70. The lowest BCUT2D eigenvalue weighted by molar-refractivity contribution is 0.0583. The van der Waals surface area contributed by atoms with Crippen LogP contribution in [0.25, 0.3) is 0 Å². The number of piperidine rings is 1. The monoisotopic (exact) mass is 314 g/mol. The number of carbonyl (C=O) groups excluding carboxylic acids is 1. The molecule has 2 rings (SSSR count). The highest BCUT2D eigenvalue weighted by Crippen LogP contribution is 2.25. The maximum atomic E-state index is 13.9. The third kappa shape index (κ3) is 3.41. The topological polar surface area (TPSA) is 80.5 Å². The summed E-state index contributed by atoms with van der Waals surface area (Å²) in [6, 6.07) is 3.03. The quantitative estimate of drug-likeness (QED) is 0.902. The van der Waals surface area contributed by atoms with Gasteiger partial charge < -0.3 is 4.90 Å². The van der Waals surface area contributed by atoms with Crippen LogP contribution in [-0.2, 0) is 10.0 Å². The highest BCUT2D eigenvalue weighted by atomic mass is 32.2. The van der Waals surface area contributed by atoms with E-state index in [9.17, 15) is 17.6 Å². The smallest absolute Gasteiger partial charge is 0.257 e. The molecule has 0 spiro atoms. The summed E-state index contributed by atoms with van der Waals surface area (Å²) in [5, 5.41) is 5.02.